The summed E-state index contributed by atoms with van der Waals surface area (Å²) >= 11 is 0. The fraction of sp³-hybridized carbons (Fsp3) is 0.464. The van der Waals surface area contributed by atoms with Gasteiger partial charge in [0.25, 0.3) is 0 Å². The average molecular weight is 479 g/mol. The van der Waals surface area contributed by atoms with E-state index < -0.39 is 12.1 Å². The van der Waals surface area contributed by atoms with Crippen molar-refractivity contribution in [1.29, 1.82) is 0 Å². The van der Waals surface area contributed by atoms with Gasteiger partial charge in [-0.15, -0.1) is 0 Å². The van der Waals surface area contributed by atoms with Crippen molar-refractivity contribution >= 4 is 18.0 Å². The van der Waals surface area contributed by atoms with Crippen molar-refractivity contribution in [3.05, 3.63) is 59.7 Å². The van der Waals surface area contributed by atoms with Crippen molar-refractivity contribution in [2.75, 3.05) is 19.7 Å². The highest BCUT2D eigenvalue weighted by molar-refractivity contribution is 5.79. The Balaban J connectivity index is 1.17. The quantitative estimate of drug-likeness (QED) is 0.472. The van der Waals surface area contributed by atoms with Gasteiger partial charge in [0, 0.05) is 37.9 Å². The lowest BCUT2D eigenvalue weighted by Gasteiger charge is -2.35. The van der Waals surface area contributed by atoms with E-state index in [4.69, 9.17) is 9.84 Å². The van der Waals surface area contributed by atoms with Crippen molar-refractivity contribution in [1.82, 2.24) is 10.2 Å². The van der Waals surface area contributed by atoms with Gasteiger partial charge in [0.2, 0.25) is 5.91 Å². The van der Waals surface area contributed by atoms with Crippen LogP contribution in [0.2, 0.25) is 0 Å². The minimum atomic E-state index is -0.817. The zero-order chi connectivity index (χ0) is 24.6. The molecule has 1 atom stereocenters. The van der Waals surface area contributed by atoms with Crippen LogP contribution in [0.15, 0.2) is 48.5 Å². The van der Waals surface area contributed by atoms with Crippen LogP contribution in [0.3, 0.4) is 0 Å². The number of carbonyl (C=O) groups is 3. The van der Waals surface area contributed by atoms with E-state index in [2.05, 4.69) is 29.6 Å². The number of carboxylic acids is 1. The molecule has 1 aliphatic heterocycles. The number of amides is 2. The highest BCUT2D eigenvalue weighted by Gasteiger charge is 2.29. The molecule has 0 bridgehead atoms. The van der Waals surface area contributed by atoms with Gasteiger partial charge in [0.15, 0.2) is 0 Å². The second-order valence-corrected chi connectivity index (χ2v) is 9.38. The summed E-state index contributed by atoms with van der Waals surface area (Å²) in [6.07, 6.45) is 4.83. The molecule has 2 aromatic carbocycles. The van der Waals surface area contributed by atoms with Gasteiger partial charge in [-0.25, -0.2) is 4.79 Å². The Bertz CT molecular complexity index is 1010. The molecule has 7 heteroatoms. The van der Waals surface area contributed by atoms with Crippen LogP contribution in [-0.4, -0.2) is 53.7 Å². The van der Waals surface area contributed by atoms with E-state index in [1.807, 2.05) is 29.2 Å². The number of piperidine rings is 1. The number of likely N-dealkylation sites (tertiary alicyclic amines) is 1. The molecule has 0 spiro atoms. The van der Waals surface area contributed by atoms with E-state index in [1.54, 1.807) is 0 Å². The number of nitrogens with zero attached hydrogens (tertiary/aromatic N) is 1. The van der Waals surface area contributed by atoms with Crippen LogP contribution in [0.1, 0.15) is 68.4 Å². The molecule has 7 nitrogen and oxygen atoms in total. The second-order valence-electron chi connectivity index (χ2n) is 9.38. The molecular weight excluding hydrogens is 444 g/mol. The predicted octanol–water partition coefficient (Wildman–Crippen LogP) is 4.94. The molecule has 1 saturated heterocycles. The Hall–Kier alpha value is -3.35. The van der Waals surface area contributed by atoms with Crippen LogP contribution in [0.5, 0.6) is 0 Å². The third kappa shape index (κ3) is 6.21. The van der Waals surface area contributed by atoms with E-state index in [1.165, 1.54) is 22.3 Å². The van der Waals surface area contributed by atoms with E-state index >= 15 is 0 Å². The normalized spacial score (nSPS) is 16.9. The molecule has 186 valence electrons. The summed E-state index contributed by atoms with van der Waals surface area (Å²) in [6, 6.07) is 16.5. The molecule has 1 aliphatic carbocycles. The molecule has 0 saturated carbocycles. The number of ether oxygens (including phenoxy) is 1. The number of aliphatic carboxylic acids is 1. The largest absolute Gasteiger partial charge is 0.481 e. The molecule has 2 aromatic rings. The predicted molar refractivity (Wildman–Crippen MR) is 133 cm³/mol. The fourth-order valence-corrected chi connectivity index (χ4v) is 5.30. The van der Waals surface area contributed by atoms with Gasteiger partial charge < -0.3 is 20.1 Å². The maximum absolute atomic E-state index is 12.7. The summed E-state index contributed by atoms with van der Waals surface area (Å²) in [5.74, 6) is -0.701. The number of unbranched alkanes of at least 4 members (excludes halogenated alkanes) is 1. The van der Waals surface area contributed by atoms with Gasteiger partial charge in [0.1, 0.15) is 6.61 Å². The molecule has 1 heterocycles. The lowest BCUT2D eigenvalue weighted by atomic mass is 9.97. The minimum Gasteiger partial charge on any atom is -0.481 e. The van der Waals surface area contributed by atoms with Gasteiger partial charge in [-0.2, -0.15) is 0 Å². The number of fused-ring (bicyclic) bond motifs is 3. The van der Waals surface area contributed by atoms with Crippen molar-refractivity contribution in [2.24, 2.45) is 0 Å². The molecule has 1 fully saturated rings. The van der Waals surface area contributed by atoms with Crippen LogP contribution in [0.25, 0.3) is 11.1 Å². The molecule has 4 rings (SSSR count). The number of carbonyl (C=O) groups excluding carboxylic acids is 2. The van der Waals surface area contributed by atoms with Crippen LogP contribution in [0, 0.1) is 0 Å². The summed E-state index contributed by atoms with van der Waals surface area (Å²) in [7, 11) is 0. The smallest absolute Gasteiger partial charge is 0.407 e. The van der Waals surface area contributed by atoms with Gasteiger partial charge in [-0.3, -0.25) is 9.59 Å². The maximum Gasteiger partial charge on any atom is 0.407 e. The summed E-state index contributed by atoms with van der Waals surface area (Å²) in [6.45, 7) is 1.44. The molecule has 1 unspecified atom stereocenters. The first kappa shape index (κ1) is 24.8. The number of alkyl carbamates (subject to hydrolysis) is 1. The third-order valence-electron chi connectivity index (χ3n) is 7.07. The summed E-state index contributed by atoms with van der Waals surface area (Å²) in [5.41, 5.74) is 4.75. The van der Waals surface area contributed by atoms with Gasteiger partial charge >= 0.3 is 12.1 Å². The maximum atomic E-state index is 12.7. The Kier molecular flexibility index (Phi) is 8.40. The van der Waals surface area contributed by atoms with Gasteiger partial charge in [-0.05, 0) is 60.8 Å². The standard InChI is InChI=1S/C28H34N2O5/c31-26(30-18-8-6-9-20(30)15-16-27(32)33)14-5-7-17-29-28(34)35-19-25-23-12-3-1-10-21(23)22-11-2-4-13-24(22)25/h1-4,10-13,20,25H,5-9,14-19H2,(H,29,34)(H,32,33). The average Bonchev–Trinajstić information content (AvgIpc) is 3.19. The number of rotatable bonds is 10. The molecule has 0 aromatic heterocycles. The zero-order valence-corrected chi connectivity index (χ0v) is 20.1. The molecule has 2 amide bonds. The minimum absolute atomic E-state index is 0.0318. The number of carboxylic acid groups (broad SMARTS) is 1. The Labute approximate surface area is 206 Å². The van der Waals surface area contributed by atoms with E-state index in [0.29, 0.717) is 38.8 Å². The number of nitrogens with one attached hydrogen (secondary N) is 1. The van der Waals surface area contributed by atoms with Crippen molar-refractivity contribution in [2.45, 2.75) is 63.3 Å². The van der Waals surface area contributed by atoms with Gasteiger partial charge in [-0.1, -0.05) is 48.5 Å². The topological polar surface area (TPSA) is 95.9 Å². The summed E-state index contributed by atoms with van der Waals surface area (Å²) < 4.78 is 5.55. The fourth-order valence-electron chi connectivity index (χ4n) is 5.30. The SMILES string of the molecule is O=C(O)CCC1CCCCN1C(=O)CCCCNC(=O)OCC1c2ccccc2-c2ccccc21. The molecule has 2 N–H and O–H groups in total. The van der Waals surface area contributed by atoms with Crippen molar-refractivity contribution < 1.29 is 24.2 Å². The highest BCUT2D eigenvalue weighted by atomic mass is 16.5. The van der Waals surface area contributed by atoms with E-state index in [9.17, 15) is 14.4 Å². The van der Waals surface area contributed by atoms with Crippen molar-refractivity contribution in [3.8, 4) is 11.1 Å². The summed E-state index contributed by atoms with van der Waals surface area (Å²) in [4.78, 5) is 37.7. The number of benzene rings is 2. The first-order valence-electron chi connectivity index (χ1n) is 12.6. The second kappa shape index (κ2) is 11.9. The first-order valence-corrected chi connectivity index (χ1v) is 12.6. The van der Waals surface area contributed by atoms with Crippen LogP contribution < -0.4 is 5.32 Å². The van der Waals surface area contributed by atoms with E-state index in [-0.39, 0.29) is 30.9 Å². The number of hydrogen-bond acceptors (Lipinski definition) is 4. The van der Waals surface area contributed by atoms with Crippen LogP contribution in [0.4, 0.5) is 4.79 Å². The van der Waals surface area contributed by atoms with Crippen LogP contribution in [-0.2, 0) is 14.3 Å². The van der Waals surface area contributed by atoms with Gasteiger partial charge in [0.05, 0.1) is 0 Å². The molecular formula is C28H34N2O5. The number of hydrogen-bond donors (Lipinski definition) is 2. The Morgan fingerprint density at radius 1 is 0.943 bits per heavy atom. The Morgan fingerprint density at radius 2 is 1.63 bits per heavy atom. The van der Waals surface area contributed by atoms with Crippen LogP contribution >= 0.6 is 0 Å². The first-order chi connectivity index (χ1) is 17.0. The summed E-state index contributed by atoms with van der Waals surface area (Å²) in [5, 5.41) is 11.8. The lowest BCUT2D eigenvalue weighted by molar-refractivity contribution is -0.140. The Morgan fingerprint density at radius 3 is 2.31 bits per heavy atom. The zero-order valence-electron chi connectivity index (χ0n) is 20.1. The van der Waals surface area contributed by atoms with E-state index in [0.717, 1.165) is 19.3 Å². The van der Waals surface area contributed by atoms with Crippen molar-refractivity contribution in [3.63, 3.8) is 0 Å². The molecule has 35 heavy (non-hydrogen) atoms. The molecule has 2 aliphatic rings. The molecule has 0 radical (unpaired) electrons. The third-order valence-corrected chi connectivity index (χ3v) is 7.07. The highest BCUT2D eigenvalue weighted by Crippen LogP contribution is 2.44. The lowest BCUT2D eigenvalue weighted by Crippen LogP contribution is -2.43. The monoisotopic (exact) mass is 478 g/mol.